The van der Waals surface area contributed by atoms with Gasteiger partial charge in [-0.05, 0) is 11.6 Å². The maximum atomic E-state index is 8.81. The molecule has 0 saturated carbocycles. The van der Waals surface area contributed by atoms with Crippen molar-refractivity contribution in [2.75, 3.05) is 6.61 Å². The Morgan fingerprint density at radius 3 is 3.00 bits per heavy atom. The molecule has 1 heterocycles. The summed E-state index contributed by atoms with van der Waals surface area (Å²) in [5, 5.41) is 8.81. The van der Waals surface area contributed by atoms with Gasteiger partial charge >= 0.3 is 0 Å². The van der Waals surface area contributed by atoms with Gasteiger partial charge in [0.15, 0.2) is 0 Å². The summed E-state index contributed by atoms with van der Waals surface area (Å²) in [6.07, 6.45) is 0.819. The van der Waals surface area contributed by atoms with Crippen molar-refractivity contribution in [1.82, 2.24) is 0 Å². The molecule has 1 atom stereocenters. The van der Waals surface area contributed by atoms with Crippen molar-refractivity contribution in [2.24, 2.45) is 0 Å². The van der Waals surface area contributed by atoms with Crippen molar-refractivity contribution in [3.63, 3.8) is 0 Å². The van der Waals surface area contributed by atoms with Gasteiger partial charge in [0.1, 0.15) is 11.9 Å². The minimum atomic E-state index is -0.0209. The van der Waals surface area contributed by atoms with Crippen LogP contribution >= 0.6 is 0 Å². The lowest BCUT2D eigenvalue weighted by Gasteiger charge is -2.04. The van der Waals surface area contributed by atoms with Crippen LogP contribution in [0.1, 0.15) is 5.56 Å². The van der Waals surface area contributed by atoms with Gasteiger partial charge in [-0.3, -0.25) is 0 Å². The zero-order chi connectivity index (χ0) is 7.68. The molecular formula is C9H10O2. The summed E-state index contributed by atoms with van der Waals surface area (Å²) in [5.41, 5.74) is 1.20. The van der Waals surface area contributed by atoms with E-state index in [0.717, 1.165) is 12.2 Å². The lowest BCUT2D eigenvalue weighted by atomic mass is 10.1. The lowest BCUT2D eigenvalue weighted by molar-refractivity contribution is 0.134. The zero-order valence-corrected chi connectivity index (χ0v) is 6.16. The minimum Gasteiger partial charge on any atom is -0.487 e. The summed E-state index contributed by atoms with van der Waals surface area (Å²) in [6.45, 7) is 0.106. The average molecular weight is 150 g/mol. The zero-order valence-electron chi connectivity index (χ0n) is 6.16. The van der Waals surface area contributed by atoms with Gasteiger partial charge in [-0.1, -0.05) is 18.2 Å². The Balaban J connectivity index is 2.27. The maximum Gasteiger partial charge on any atom is 0.126 e. The Morgan fingerprint density at radius 2 is 2.27 bits per heavy atom. The molecule has 0 radical (unpaired) electrons. The number of benzene rings is 1. The third-order valence-corrected chi connectivity index (χ3v) is 1.92. The molecule has 1 aromatic rings. The van der Waals surface area contributed by atoms with Gasteiger partial charge in [0.25, 0.3) is 0 Å². The number of para-hydroxylation sites is 1. The van der Waals surface area contributed by atoms with Gasteiger partial charge in [-0.25, -0.2) is 0 Å². The van der Waals surface area contributed by atoms with Crippen LogP contribution in [0.15, 0.2) is 24.3 Å². The van der Waals surface area contributed by atoms with Crippen LogP contribution < -0.4 is 4.74 Å². The number of ether oxygens (including phenoxy) is 1. The first kappa shape index (κ1) is 6.68. The number of hydrogen-bond acceptors (Lipinski definition) is 2. The summed E-state index contributed by atoms with van der Waals surface area (Å²) >= 11 is 0. The fourth-order valence-corrected chi connectivity index (χ4v) is 1.36. The summed E-state index contributed by atoms with van der Waals surface area (Å²) in [7, 11) is 0. The van der Waals surface area contributed by atoms with Crippen molar-refractivity contribution in [1.29, 1.82) is 0 Å². The van der Waals surface area contributed by atoms with E-state index < -0.39 is 0 Å². The van der Waals surface area contributed by atoms with Crippen LogP contribution in [0.5, 0.6) is 5.75 Å². The first-order valence-corrected chi connectivity index (χ1v) is 3.75. The van der Waals surface area contributed by atoms with Gasteiger partial charge in [0, 0.05) is 6.42 Å². The maximum absolute atomic E-state index is 8.81. The Bertz CT molecular complexity index is 232. The van der Waals surface area contributed by atoms with Crippen LogP contribution in [0.25, 0.3) is 0 Å². The fourth-order valence-electron chi connectivity index (χ4n) is 1.36. The molecular weight excluding hydrogens is 140 g/mol. The highest BCUT2D eigenvalue weighted by atomic mass is 16.5. The molecule has 1 unspecified atom stereocenters. The van der Waals surface area contributed by atoms with E-state index in [4.69, 9.17) is 9.84 Å². The predicted molar refractivity (Wildman–Crippen MR) is 41.6 cm³/mol. The molecule has 0 aliphatic carbocycles. The summed E-state index contributed by atoms with van der Waals surface area (Å²) < 4.78 is 5.41. The molecule has 1 aromatic carbocycles. The molecule has 0 aromatic heterocycles. The smallest absolute Gasteiger partial charge is 0.126 e. The average Bonchev–Trinajstić information content (AvgIpc) is 2.46. The Kier molecular flexibility index (Phi) is 1.55. The number of aliphatic hydroxyl groups excluding tert-OH is 1. The number of rotatable bonds is 1. The van der Waals surface area contributed by atoms with Crippen LogP contribution in [0.4, 0.5) is 0 Å². The Labute approximate surface area is 65.4 Å². The van der Waals surface area contributed by atoms with Crippen molar-refractivity contribution >= 4 is 0 Å². The second kappa shape index (κ2) is 2.55. The molecule has 1 aliphatic rings. The van der Waals surface area contributed by atoms with E-state index >= 15 is 0 Å². The molecule has 0 fully saturated rings. The summed E-state index contributed by atoms with van der Waals surface area (Å²) in [6, 6.07) is 7.90. The number of aliphatic hydroxyl groups is 1. The molecule has 0 saturated heterocycles. The third-order valence-electron chi connectivity index (χ3n) is 1.92. The number of hydrogen-bond donors (Lipinski definition) is 1. The van der Waals surface area contributed by atoms with Crippen LogP contribution in [-0.2, 0) is 6.42 Å². The fraction of sp³-hybridized carbons (Fsp3) is 0.333. The van der Waals surface area contributed by atoms with E-state index in [2.05, 4.69) is 0 Å². The van der Waals surface area contributed by atoms with Gasteiger partial charge in [0.2, 0.25) is 0 Å². The van der Waals surface area contributed by atoms with E-state index in [-0.39, 0.29) is 12.7 Å². The number of fused-ring (bicyclic) bond motifs is 1. The van der Waals surface area contributed by atoms with Crippen LogP contribution in [0.3, 0.4) is 0 Å². The van der Waals surface area contributed by atoms with E-state index in [1.165, 1.54) is 5.56 Å². The molecule has 2 heteroatoms. The van der Waals surface area contributed by atoms with Crippen LogP contribution in [0, 0.1) is 0 Å². The Hall–Kier alpha value is -1.02. The summed E-state index contributed by atoms with van der Waals surface area (Å²) in [4.78, 5) is 0. The standard InChI is InChI=1S/C9H10O2/c10-6-8-5-7-3-1-2-4-9(7)11-8/h1-4,8,10H,5-6H2. The molecule has 0 amide bonds. The predicted octanol–water partition coefficient (Wildman–Crippen LogP) is 0.982. The molecule has 0 bridgehead atoms. The van der Waals surface area contributed by atoms with Gasteiger partial charge in [0.05, 0.1) is 6.61 Å². The Morgan fingerprint density at radius 1 is 1.45 bits per heavy atom. The topological polar surface area (TPSA) is 29.5 Å². The normalized spacial score (nSPS) is 21.0. The first-order chi connectivity index (χ1) is 5.40. The molecule has 0 spiro atoms. The second-order valence-corrected chi connectivity index (χ2v) is 2.73. The van der Waals surface area contributed by atoms with Crippen LogP contribution in [-0.4, -0.2) is 17.8 Å². The molecule has 2 nitrogen and oxygen atoms in total. The quantitative estimate of drug-likeness (QED) is 0.646. The van der Waals surface area contributed by atoms with Crippen molar-refractivity contribution in [2.45, 2.75) is 12.5 Å². The van der Waals surface area contributed by atoms with E-state index in [0.29, 0.717) is 0 Å². The summed E-state index contributed by atoms with van der Waals surface area (Å²) in [5.74, 6) is 0.923. The van der Waals surface area contributed by atoms with Crippen molar-refractivity contribution in [3.8, 4) is 5.75 Å². The molecule has 1 aliphatic heterocycles. The van der Waals surface area contributed by atoms with Gasteiger partial charge in [-0.2, -0.15) is 0 Å². The van der Waals surface area contributed by atoms with E-state index in [9.17, 15) is 0 Å². The van der Waals surface area contributed by atoms with Gasteiger partial charge < -0.3 is 9.84 Å². The highest BCUT2D eigenvalue weighted by molar-refractivity contribution is 5.37. The van der Waals surface area contributed by atoms with Crippen LogP contribution in [0.2, 0.25) is 0 Å². The van der Waals surface area contributed by atoms with Crippen molar-refractivity contribution < 1.29 is 9.84 Å². The highest BCUT2D eigenvalue weighted by Gasteiger charge is 2.20. The SMILES string of the molecule is OCC1Cc2ccccc2O1. The largest absolute Gasteiger partial charge is 0.487 e. The molecule has 2 rings (SSSR count). The van der Waals surface area contributed by atoms with E-state index in [1.54, 1.807) is 0 Å². The van der Waals surface area contributed by atoms with Crippen molar-refractivity contribution in [3.05, 3.63) is 29.8 Å². The van der Waals surface area contributed by atoms with Gasteiger partial charge in [-0.15, -0.1) is 0 Å². The third kappa shape index (κ3) is 1.10. The lowest BCUT2D eigenvalue weighted by Crippen LogP contribution is -2.17. The first-order valence-electron chi connectivity index (χ1n) is 3.75. The monoisotopic (exact) mass is 150 g/mol. The van der Waals surface area contributed by atoms with E-state index in [1.807, 2.05) is 24.3 Å². The second-order valence-electron chi connectivity index (χ2n) is 2.73. The molecule has 1 N–H and O–H groups in total. The minimum absolute atomic E-state index is 0.0209. The molecule has 58 valence electrons. The molecule has 11 heavy (non-hydrogen) atoms. The highest BCUT2D eigenvalue weighted by Crippen LogP contribution is 2.27.